The number of amides is 2. The van der Waals surface area contributed by atoms with Crippen LogP contribution in [0.4, 0.5) is 16.2 Å². The van der Waals surface area contributed by atoms with Crippen molar-refractivity contribution in [1.29, 1.82) is 0 Å². The maximum Gasteiger partial charge on any atom is 0.360 e. The number of aliphatic imine (C=N–C) groups is 1. The van der Waals surface area contributed by atoms with Gasteiger partial charge in [-0.2, -0.15) is 10.4 Å². The Morgan fingerprint density at radius 3 is 2.41 bits per heavy atom. The summed E-state index contributed by atoms with van der Waals surface area (Å²) in [5.41, 5.74) is 8.01. The number of carbonyl (C=O) groups is 2. The number of urea groups is 1. The normalized spacial score (nSPS) is 18.7. The predicted molar refractivity (Wildman–Crippen MR) is 156 cm³/mol. The summed E-state index contributed by atoms with van der Waals surface area (Å²) in [5.74, 6) is -0.0186. The van der Waals surface area contributed by atoms with Crippen LogP contribution in [0.25, 0.3) is 11.1 Å². The molecule has 2 aliphatic rings. The fourth-order valence-corrected chi connectivity index (χ4v) is 5.79. The Bertz CT molecular complexity index is 1360. The highest BCUT2D eigenvalue weighted by molar-refractivity contribution is 6.03. The SMILES string of the molecule is CCCCC1=Nc2ccccc2[N+]1(Cc1ccc(-c2ccccc2C(=O)O)cc1)NC(=O)NC1CCCCC1. The fourth-order valence-electron chi connectivity index (χ4n) is 5.79. The van der Waals surface area contributed by atoms with E-state index in [0.717, 1.165) is 73.3 Å². The molecule has 39 heavy (non-hydrogen) atoms. The van der Waals surface area contributed by atoms with E-state index in [1.54, 1.807) is 12.1 Å². The molecule has 1 atom stereocenters. The van der Waals surface area contributed by atoms with E-state index < -0.39 is 5.97 Å². The van der Waals surface area contributed by atoms with Gasteiger partial charge in [-0.15, -0.1) is 4.59 Å². The molecule has 7 heteroatoms. The van der Waals surface area contributed by atoms with Crippen molar-refractivity contribution in [2.24, 2.45) is 4.99 Å². The molecule has 1 fully saturated rings. The van der Waals surface area contributed by atoms with Crippen LogP contribution in [0, 0.1) is 0 Å². The Kier molecular flexibility index (Phi) is 8.07. The van der Waals surface area contributed by atoms with Crippen LogP contribution in [0.5, 0.6) is 0 Å². The summed E-state index contributed by atoms with van der Waals surface area (Å²) in [5, 5.41) is 12.9. The van der Waals surface area contributed by atoms with E-state index in [4.69, 9.17) is 4.99 Å². The maximum absolute atomic E-state index is 13.5. The number of rotatable bonds is 9. The van der Waals surface area contributed by atoms with Crippen molar-refractivity contribution in [2.45, 2.75) is 70.9 Å². The van der Waals surface area contributed by atoms with Crippen LogP contribution in [0.3, 0.4) is 0 Å². The predicted octanol–water partition coefficient (Wildman–Crippen LogP) is 7.34. The zero-order chi connectivity index (χ0) is 27.2. The van der Waals surface area contributed by atoms with Gasteiger partial charge < -0.3 is 10.4 Å². The minimum Gasteiger partial charge on any atom is -0.478 e. The summed E-state index contributed by atoms with van der Waals surface area (Å²) in [6, 6.07) is 23.1. The van der Waals surface area contributed by atoms with Crippen LogP contribution in [-0.2, 0) is 6.54 Å². The van der Waals surface area contributed by atoms with Gasteiger partial charge >= 0.3 is 12.0 Å². The molecule has 3 aromatic rings. The lowest BCUT2D eigenvalue weighted by Crippen LogP contribution is -2.65. The van der Waals surface area contributed by atoms with Crippen LogP contribution in [0.1, 0.15) is 74.2 Å². The standard InChI is InChI=1S/C32H36N4O3/c1-2-3-17-30-34-28-15-9-10-16-29(28)36(30,35-32(39)33-25-11-5-4-6-12-25)22-23-18-20-24(21-19-23)26-13-7-8-14-27(26)31(37)38/h7-10,13-16,18-21,25H,2-6,11-12,17,22H2,1H3,(H2-,33,35,37,38,39)/p+1. The Morgan fingerprint density at radius 2 is 1.67 bits per heavy atom. The Balaban J connectivity index is 1.48. The van der Waals surface area contributed by atoms with Crippen molar-refractivity contribution in [2.75, 3.05) is 0 Å². The number of carboxylic acids is 1. The molecule has 3 N–H and O–H groups in total. The van der Waals surface area contributed by atoms with Gasteiger partial charge in [0.2, 0.25) is 5.84 Å². The van der Waals surface area contributed by atoms with Crippen LogP contribution in [0.15, 0.2) is 77.8 Å². The quantitative estimate of drug-likeness (QED) is 0.255. The first-order chi connectivity index (χ1) is 19.0. The van der Waals surface area contributed by atoms with Gasteiger partial charge in [-0.1, -0.05) is 87.2 Å². The molecule has 2 amide bonds. The van der Waals surface area contributed by atoms with Crippen molar-refractivity contribution < 1.29 is 14.7 Å². The van der Waals surface area contributed by atoms with Crippen molar-refractivity contribution >= 4 is 29.2 Å². The zero-order valence-electron chi connectivity index (χ0n) is 22.5. The zero-order valence-corrected chi connectivity index (χ0v) is 22.5. The summed E-state index contributed by atoms with van der Waals surface area (Å²) in [4.78, 5) is 30.3. The number of nitrogens with zero attached hydrogens (tertiary/aromatic N) is 2. The number of carboxylic acid groups (broad SMARTS) is 1. The highest BCUT2D eigenvalue weighted by Crippen LogP contribution is 2.42. The van der Waals surface area contributed by atoms with Crippen molar-refractivity contribution in [1.82, 2.24) is 15.3 Å². The number of hydrogen-bond acceptors (Lipinski definition) is 3. The van der Waals surface area contributed by atoms with Crippen LogP contribution >= 0.6 is 0 Å². The van der Waals surface area contributed by atoms with Crippen LogP contribution < -0.4 is 15.3 Å². The second kappa shape index (κ2) is 11.8. The average molecular weight is 526 g/mol. The molecule has 3 aromatic carbocycles. The monoisotopic (exact) mass is 525 g/mol. The summed E-state index contributed by atoms with van der Waals surface area (Å²) in [6.07, 6.45) is 8.33. The molecule has 1 heterocycles. The van der Waals surface area contributed by atoms with Gasteiger partial charge in [-0.25, -0.2) is 9.59 Å². The lowest BCUT2D eigenvalue weighted by molar-refractivity contribution is 0.0697. The molecular weight excluding hydrogens is 488 g/mol. The van der Waals surface area contributed by atoms with Gasteiger partial charge in [-0.05, 0) is 42.5 Å². The first-order valence-corrected chi connectivity index (χ1v) is 14.1. The number of fused-ring (bicyclic) bond motifs is 1. The number of unbranched alkanes of at least 4 members (excludes halogenated alkanes) is 1. The number of benzene rings is 3. The van der Waals surface area contributed by atoms with Gasteiger partial charge in [0.05, 0.1) is 5.56 Å². The molecule has 202 valence electrons. The molecule has 1 unspecified atom stereocenters. The molecule has 0 bridgehead atoms. The van der Waals surface area contributed by atoms with Crippen LogP contribution in [0.2, 0.25) is 0 Å². The highest BCUT2D eigenvalue weighted by atomic mass is 16.4. The minimum atomic E-state index is -0.946. The van der Waals surface area contributed by atoms with Crippen molar-refractivity contribution in [3.8, 4) is 11.1 Å². The number of nitrogens with one attached hydrogen (secondary N) is 2. The van der Waals surface area contributed by atoms with E-state index in [1.165, 1.54) is 6.42 Å². The lowest BCUT2D eigenvalue weighted by atomic mass is 9.96. The average Bonchev–Trinajstić information content (AvgIpc) is 3.25. The molecule has 0 aromatic heterocycles. The number of quaternary nitrogens is 1. The van der Waals surface area contributed by atoms with Gasteiger partial charge in [0, 0.05) is 24.1 Å². The third-order valence-corrected chi connectivity index (χ3v) is 7.81. The minimum absolute atomic E-state index is 0.153. The van der Waals surface area contributed by atoms with E-state index in [1.807, 2.05) is 54.6 Å². The Labute approximate surface area is 230 Å². The smallest absolute Gasteiger partial charge is 0.360 e. The van der Waals surface area contributed by atoms with E-state index in [2.05, 4.69) is 23.7 Å². The van der Waals surface area contributed by atoms with Gasteiger partial charge in [-0.3, -0.25) is 0 Å². The molecule has 1 aliphatic heterocycles. The Hall–Kier alpha value is -3.97. The van der Waals surface area contributed by atoms with E-state index in [0.29, 0.717) is 12.1 Å². The summed E-state index contributed by atoms with van der Waals surface area (Å²) < 4.78 is 0.153. The molecule has 5 rings (SSSR count). The molecule has 0 spiro atoms. The van der Waals surface area contributed by atoms with E-state index in [-0.39, 0.29) is 22.2 Å². The van der Waals surface area contributed by atoms with Crippen LogP contribution in [-0.4, -0.2) is 29.0 Å². The second-order valence-corrected chi connectivity index (χ2v) is 10.6. The summed E-state index contributed by atoms with van der Waals surface area (Å²) >= 11 is 0. The first kappa shape index (κ1) is 26.6. The van der Waals surface area contributed by atoms with Gasteiger partial charge in [0.1, 0.15) is 12.2 Å². The molecule has 0 radical (unpaired) electrons. The van der Waals surface area contributed by atoms with E-state index >= 15 is 0 Å². The third kappa shape index (κ3) is 5.73. The van der Waals surface area contributed by atoms with Crippen molar-refractivity contribution in [3.63, 3.8) is 0 Å². The van der Waals surface area contributed by atoms with E-state index in [9.17, 15) is 14.7 Å². The largest absolute Gasteiger partial charge is 0.478 e. The number of carbonyl (C=O) groups excluding carboxylic acids is 1. The number of para-hydroxylation sites is 2. The molecule has 1 aliphatic carbocycles. The first-order valence-electron chi connectivity index (χ1n) is 14.1. The van der Waals surface area contributed by atoms with Crippen molar-refractivity contribution in [3.05, 3.63) is 83.9 Å². The molecular formula is C32H37N4O3+. The Morgan fingerprint density at radius 1 is 0.949 bits per heavy atom. The topological polar surface area (TPSA) is 90.8 Å². The lowest BCUT2D eigenvalue weighted by Gasteiger charge is -2.35. The highest BCUT2D eigenvalue weighted by Gasteiger charge is 2.46. The number of aromatic carboxylic acids is 1. The van der Waals surface area contributed by atoms with Gasteiger partial charge in [0.15, 0.2) is 5.69 Å². The maximum atomic E-state index is 13.5. The van der Waals surface area contributed by atoms with Gasteiger partial charge in [0.25, 0.3) is 0 Å². The number of hydrogen-bond donors (Lipinski definition) is 3. The third-order valence-electron chi connectivity index (χ3n) is 7.81. The fraction of sp³-hybridized carbons (Fsp3) is 0.344. The number of amidine groups is 1. The molecule has 1 saturated carbocycles. The summed E-state index contributed by atoms with van der Waals surface area (Å²) in [6.45, 7) is 2.66. The summed E-state index contributed by atoms with van der Waals surface area (Å²) in [7, 11) is 0. The molecule has 0 saturated heterocycles. The molecule has 7 nitrogen and oxygen atoms in total. The second-order valence-electron chi connectivity index (χ2n) is 10.6.